The normalized spacial score (nSPS) is 13.1. The van der Waals surface area contributed by atoms with Gasteiger partial charge in [-0.05, 0) is 34.7 Å². The fourth-order valence-electron chi connectivity index (χ4n) is 0.876. The lowest BCUT2D eigenvalue weighted by atomic mass is 10.7. The first-order valence-corrected chi connectivity index (χ1v) is 8.21. The number of nitrogens with zero attached hydrogens (tertiary/aromatic N) is 2. The van der Waals surface area contributed by atoms with Crippen molar-refractivity contribution < 1.29 is 4.74 Å². The first-order valence-electron chi connectivity index (χ1n) is 4.39. The van der Waals surface area contributed by atoms with Crippen molar-refractivity contribution in [1.82, 2.24) is 9.78 Å². The van der Waals surface area contributed by atoms with Crippen molar-refractivity contribution in [2.24, 2.45) is 0 Å². The van der Waals surface area contributed by atoms with Crippen LogP contribution in [0.4, 0.5) is 0 Å². The molecule has 0 saturated heterocycles. The summed E-state index contributed by atoms with van der Waals surface area (Å²) in [6.07, 6.45) is 10.5. The number of rotatable bonds is 5. The van der Waals surface area contributed by atoms with Crippen LogP contribution in [-0.2, 0) is 11.5 Å². The largest absolute Gasteiger partial charge is 0.358 e. The Kier molecular flexibility index (Phi) is 4.47. The minimum absolute atomic E-state index is 0.437. The molecular formula is C9H17BrN2OS. The Morgan fingerprint density at radius 2 is 2.21 bits per heavy atom. The molecule has 0 aliphatic heterocycles. The highest BCUT2D eigenvalue weighted by atomic mass is 79.9. The van der Waals surface area contributed by atoms with E-state index in [9.17, 15) is 0 Å². The second-order valence-corrected chi connectivity index (χ2v) is 9.54. The van der Waals surface area contributed by atoms with Crippen molar-refractivity contribution in [2.45, 2.75) is 6.73 Å². The van der Waals surface area contributed by atoms with Crippen molar-refractivity contribution in [3.8, 4) is 0 Å². The van der Waals surface area contributed by atoms with Gasteiger partial charge >= 0.3 is 0 Å². The minimum atomic E-state index is -0.437. The molecule has 0 fully saturated rings. The Morgan fingerprint density at radius 3 is 2.71 bits per heavy atom. The highest BCUT2D eigenvalue weighted by Gasteiger charge is 2.03. The average molecular weight is 281 g/mol. The molecule has 14 heavy (non-hydrogen) atoms. The van der Waals surface area contributed by atoms with E-state index in [2.05, 4.69) is 39.8 Å². The predicted molar refractivity (Wildman–Crippen MR) is 66.1 cm³/mol. The van der Waals surface area contributed by atoms with Crippen LogP contribution in [0.5, 0.6) is 0 Å². The minimum Gasteiger partial charge on any atom is -0.358 e. The maximum Gasteiger partial charge on any atom is 0.139 e. The van der Waals surface area contributed by atoms with Gasteiger partial charge in [0.15, 0.2) is 0 Å². The summed E-state index contributed by atoms with van der Waals surface area (Å²) < 4.78 is 8.28. The van der Waals surface area contributed by atoms with Crippen LogP contribution in [0.1, 0.15) is 0 Å². The van der Waals surface area contributed by atoms with Crippen LogP contribution in [-0.4, -0.2) is 40.9 Å². The summed E-state index contributed by atoms with van der Waals surface area (Å²) in [5.74, 6) is 1.15. The zero-order valence-electron chi connectivity index (χ0n) is 8.86. The van der Waals surface area contributed by atoms with E-state index in [0.29, 0.717) is 6.73 Å². The van der Waals surface area contributed by atoms with Crippen molar-refractivity contribution >= 4 is 26.0 Å². The number of hydrogen-bond acceptors (Lipinski definition) is 2. The lowest BCUT2D eigenvalue weighted by Gasteiger charge is -2.24. The molecular weight excluding hydrogens is 264 g/mol. The van der Waals surface area contributed by atoms with Crippen LogP contribution in [0.15, 0.2) is 16.9 Å². The molecule has 1 aromatic heterocycles. The van der Waals surface area contributed by atoms with Gasteiger partial charge in [-0.25, -0.2) is 14.7 Å². The molecule has 5 heteroatoms. The summed E-state index contributed by atoms with van der Waals surface area (Å²) in [5.41, 5.74) is 0. The first-order chi connectivity index (χ1) is 6.47. The Hall–Kier alpha value is -0.0000000000000000555. The average Bonchev–Trinajstić information content (AvgIpc) is 2.44. The van der Waals surface area contributed by atoms with Crippen LogP contribution in [0.25, 0.3) is 0 Å². The van der Waals surface area contributed by atoms with Gasteiger partial charge in [0, 0.05) is 11.9 Å². The second-order valence-electron chi connectivity index (χ2n) is 4.03. The molecule has 0 bridgehead atoms. The molecule has 0 amide bonds. The number of aromatic nitrogens is 2. The van der Waals surface area contributed by atoms with E-state index in [0.717, 1.165) is 16.8 Å². The SMILES string of the molecule is CS(C)(C)CCOCn1cc(Br)cn1. The third-order valence-corrected chi connectivity index (χ3v) is 3.47. The Bertz CT molecular complexity index is 283. The van der Waals surface area contributed by atoms with Crippen molar-refractivity contribution in [3.05, 3.63) is 16.9 Å². The monoisotopic (exact) mass is 280 g/mol. The molecule has 82 valence electrons. The number of ether oxygens (including phenoxy) is 1. The molecule has 1 aromatic rings. The molecule has 0 radical (unpaired) electrons. The van der Waals surface area contributed by atoms with Gasteiger partial charge < -0.3 is 4.74 Å². The summed E-state index contributed by atoms with van der Waals surface area (Å²) in [7, 11) is -0.437. The summed E-state index contributed by atoms with van der Waals surface area (Å²) in [5, 5.41) is 4.10. The van der Waals surface area contributed by atoms with Crippen LogP contribution in [0.3, 0.4) is 0 Å². The van der Waals surface area contributed by atoms with Gasteiger partial charge in [0.25, 0.3) is 0 Å². The third kappa shape index (κ3) is 5.02. The number of halogens is 1. The van der Waals surface area contributed by atoms with Gasteiger partial charge in [-0.2, -0.15) is 5.10 Å². The van der Waals surface area contributed by atoms with Crippen LogP contribution < -0.4 is 0 Å². The van der Waals surface area contributed by atoms with Gasteiger partial charge in [0.1, 0.15) is 6.73 Å². The summed E-state index contributed by atoms with van der Waals surface area (Å²) in [6, 6.07) is 0. The smallest absolute Gasteiger partial charge is 0.139 e. The van der Waals surface area contributed by atoms with E-state index >= 15 is 0 Å². The van der Waals surface area contributed by atoms with E-state index in [1.54, 1.807) is 10.9 Å². The molecule has 0 atom stereocenters. The topological polar surface area (TPSA) is 27.1 Å². The van der Waals surface area contributed by atoms with E-state index in [4.69, 9.17) is 4.74 Å². The van der Waals surface area contributed by atoms with Gasteiger partial charge in [-0.3, -0.25) is 0 Å². The fourth-order valence-corrected chi connectivity index (χ4v) is 1.82. The maximum atomic E-state index is 5.51. The lowest BCUT2D eigenvalue weighted by molar-refractivity contribution is 0.0809. The highest BCUT2D eigenvalue weighted by molar-refractivity contribution is 9.10. The molecule has 0 spiro atoms. The first kappa shape index (κ1) is 12.1. The van der Waals surface area contributed by atoms with Crippen LogP contribution in [0.2, 0.25) is 0 Å². The van der Waals surface area contributed by atoms with Gasteiger partial charge in [0.2, 0.25) is 0 Å². The zero-order valence-corrected chi connectivity index (χ0v) is 11.3. The van der Waals surface area contributed by atoms with Crippen molar-refractivity contribution in [2.75, 3.05) is 31.1 Å². The predicted octanol–water partition coefficient (Wildman–Crippen LogP) is 2.31. The lowest BCUT2D eigenvalue weighted by Crippen LogP contribution is -2.10. The quantitative estimate of drug-likeness (QED) is 0.774. The third-order valence-electron chi connectivity index (χ3n) is 1.67. The molecule has 0 aliphatic rings. The van der Waals surface area contributed by atoms with Gasteiger partial charge in [-0.1, -0.05) is 0 Å². The Labute approximate surface area is 95.3 Å². The van der Waals surface area contributed by atoms with Crippen molar-refractivity contribution in [3.63, 3.8) is 0 Å². The van der Waals surface area contributed by atoms with Crippen LogP contribution in [0, 0.1) is 0 Å². The van der Waals surface area contributed by atoms with Gasteiger partial charge in [-0.15, -0.1) is 0 Å². The summed E-state index contributed by atoms with van der Waals surface area (Å²) in [6.45, 7) is 1.36. The molecule has 1 rings (SSSR count). The molecule has 0 aliphatic carbocycles. The Morgan fingerprint density at radius 1 is 1.50 bits per heavy atom. The van der Waals surface area contributed by atoms with Crippen molar-refractivity contribution in [1.29, 1.82) is 0 Å². The maximum absolute atomic E-state index is 5.51. The molecule has 0 N–H and O–H groups in total. The summed E-state index contributed by atoms with van der Waals surface area (Å²) >= 11 is 3.34. The molecule has 1 heterocycles. The molecule has 0 saturated carbocycles. The molecule has 3 nitrogen and oxygen atoms in total. The van der Waals surface area contributed by atoms with Crippen LogP contribution >= 0.6 is 26.0 Å². The van der Waals surface area contributed by atoms with E-state index < -0.39 is 10.0 Å². The van der Waals surface area contributed by atoms with E-state index in [1.807, 2.05) is 6.20 Å². The molecule has 0 unspecified atom stereocenters. The van der Waals surface area contributed by atoms with E-state index in [-0.39, 0.29) is 0 Å². The Balaban J connectivity index is 2.16. The molecule has 0 aromatic carbocycles. The fraction of sp³-hybridized carbons (Fsp3) is 0.667. The highest BCUT2D eigenvalue weighted by Crippen LogP contribution is 2.33. The van der Waals surface area contributed by atoms with E-state index in [1.165, 1.54) is 0 Å². The zero-order chi connectivity index (χ0) is 10.6. The second kappa shape index (κ2) is 5.19. The summed E-state index contributed by atoms with van der Waals surface area (Å²) in [4.78, 5) is 0. The standard InChI is InChI=1S/C9H17BrN2OS/c1-14(2,3)5-4-13-8-12-7-9(10)6-11-12/h6-7H,4-5,8H2,1-3H3. The number of hydrogen-bond donors (Lipinski definition) is 0. The van der Waals surface area contributed by atoms with Gasteiger partial charge in [0.05, 0.1) is 17.3 Å².